The van der Waals surface area contributed by atoms with E-state index in [1.165, 1.54) is 33.0 Å². The van der Waals surface area contributed by atoms with E-state index in [0.29, 0.717) is 11.5 Å². The number of benzene rings is 8. The van der Waals surface area contributed by atoms with Crippen molar-refractivity contribution in [1.82, 2.24) is 0 Å². The Morgan fingerprint density at radius 1 is 0.492 bits per heavy atom. The molecule has 0 heterocycles. The van der Waals surface area contributed by atoms with Crippen molar-refractivity contribution in [1.29, 1.82) is 0 Å². The summed E-state index contributed by atoms with van der Waals surface area (Å²) < 4.78 is 21.8. The molecule has 0 aromatic heterocycles. The Bertz CT molecular complexity index is 2820. The second-order valence-electron chi connectivity index (χ2n) is 15.2. The first-order chi connectivity index (χ1) is 29.8. The molecule has 2 N–H and O–H groups in total. The van der Waals surface area contributed by atoms with Crippen LogP contribution in [0.4, 0.5) is 0 Å². The van der Waals surface area contributed by atoms with E-state index in [2.05, 4.69) is 122 Å². The Labute approximate surface area is 352 Å². The van der Waals surface area contributed by atoms with Crippen molar-refractivity contribution in [2.75, 3.05) is 26.4 Å². The Morgan fingerprint density at radius 2 is 0.885 bits per heavy atom. The second-order valence-corrected chi connectivity index (χ2v) is 15.2. The van der Waals surface area contributed by atoms with E-state index in [1.54, 1.807) is 0 Å². The first kappa shape index (κ1) is 39.2. The maximum Gasteiger partial charge on any atom is 0.330 e. The van der Waals surface area contributed by atoms with Gasteiger partial charge in [0.05, 0.1) is 5.41 Å². The first-order valence-electron chi connectivity index (χ1n) is 20.1. The Hall–Kier alpha value is -7.26. The van der Waals surface area contributed by atoms with Crippen molar-refractivity contribution in [3.05, 3.63) is 193 Å². The Balaban J connectivity index is 1.19. The molecular weight excluding hydrogens is 765 g/mol. The van der Waals surface area contributed by atoms with Gasteiger partial charge in [-0.1, -0.05) is 122 Å². The summed E-state index contributed by atoms with van der Waals surface area (Å²) in [5, 5.41) is 29.3. The average molecular weight is 807 g/mol. The number of carbonyl (C=O) groups excluding carboxylic acids is 2. The molecule has 2 unspecified atom stereocenters. The van der Waals surface area contributed by atoms with E-state index < -0.39 is 29.6 Å². The molecule has 0 radical (unpaired) electrons. The third kappa shape index (κ3) is 7.26. The summed E-state index contributed by atoms with van der Waals surface area (Å²) in [5.74, 6) is -0.0354. The fourth-order valence-corrected chi connectivity index (χ4v) is 8.72. The third-order valence-electron chi connectivity index (χ3n) is 11.4. The minimum Gasteiger partial charge on any atom is -0.491 e. The number of hydrogen-bond donors (Lipinski definition) is 2. The van der Waals surface area contributed by atoms with Gasteiger partial charge in [-0.25, -0.2) is 9.59 Å². The highest BCUT2D eigenvalue weighted by atomic mass is 16.6. The summed E-state index contributed by atoms with van der Waals surface area (Å²) in [6.45, 7) is 6.30. The number of aliphatic hydroxyl groups excluding tert-OH is 2. The lowest BCUT2D eigenvalue weighted by atomic mass is 9.65. The van der Waals surface area contributed by atoms with Gasteiger partial charge < -0.3 is 29.2 Å². The Morgan fingerprint density at radius 3 is 1.33 bits per heavy atom. The molecule has 8 nitrogen and oxygen atoms in total. The molecule has 0 fully saturated rings. The largest absolute Gasteiger partial charge is 0.491 e. The molecule has 0 saturated heterocycles. The van der Waals surface area contributed by atoms with Gasteiger partial charge in [0.1, 0.15) is 50.1 Å². The molecule has 8 aromatic carbocycles. The fraction of sp³-hybridized carbons (Fsp3) is 0.132. The zero-order chi connectivity index (χ0) is 42.1. The minimum atomic E-state index is -0.997. The third-order valence-corrected chi connectivity index (χ3v) is 11.4. The van der Waals surface area contributed by atoms with E-state index in [4.69, 9.17) is 18.9 Å². The quantitative estimate of drug-likeness (QED) is 0.0826. The van der Waals surface area contributed by atoms with Crippen molar-refractivity contribution in [2.24, 2.45) is 0 Å². The second kappa shape index (κ2) is 16.4. The van der Waals surface area contributed by atoms with Crippen LogP contribution in [0.25, 0.3) is 54.2 Å². The molecular formula is C53H42O8. The van der Waals surface area contributed by atoms with Crippen LogP contribution in [0.1, 0.15) is 22.3 Å². The van der Waals surface area contributed by atoms with Crippen molar-refractivity contribution in [3.63, 3.8) is 0 Å². The van der Waals surface area contributed by atoms with Crippen LogP contribution >= 0.6 is 0 Å². The van der Waals surface area contributed by atoms with Gasteiger partial charge in [-0.05, 0) is 113 Å². The highest BCUT2D eigenvalue weighted by molar-refractivity contribution is 6.07. The molecule has 1 aliphatic carbocycles. The van der Waals surface area contributed by atoms with Crippen LogP contribution in [-0.4, -0.2) is 60.8 Å². The summed E-state index contributed by atoms with van der Waals surface area (Å²) in [4.78, 5) is 22.9. The van der Waals surface area contributed by atoms with Gasteiger partial charge in [-0.3, -0.25) is 0 Å². The van der Waals surface area contributed by atoms with Crippen molar-refractivity contribution in [2.45, 2.75) is 17.6 Å². The molecule has 8 aromatic rings. The first-order valence-corrected chi connectivity index (χ1v) is 20.1. The van der Waals surface area contributed by atoms with Crippen LogP contribution in [0.3, 0.4) is 0 Å². The normalized spacial score (nSPS) is 13.6. The van der Waals surface area contributed by atoms with E-state index in [9.17, 15) is 19.8 Å². The number of hydrogen-bond acceptors (Lipinski definition) is 8. The standard InChI is InChI=1S/C53H42O8/c1-3-49(56)60-31-41(54)29-58-43-21-15-35-25-39(19-13-37(35)27-43)53(40-20-14-38-28-44(22-16-36(38)26-40)59-30-42(55)32-61-50(57)4-2)51-45-11-7-5-9-33(45)17-23-47(51)48-24-18-34-10-6-8-12-46(34)52(48)53/h3-28,41-42,54-55H,1-2,29-32H2. The lowest BCUT2D eigenvalue weighted by molar-refractivity contribution is -0.142. The summed E-state index contributed by atoms with van der Waals surface area (Å²) >= 11 is 0. The molecule has 9 rings (SSSR count). The predicted molar refractivity (Wildman–Crippen MR) is 239 cm³/mol. The number of rotatable bonds is 14. The van der Waals surface area contributed by atoms with Gasteiger partial charge in [-0.15, -0.1) is 0 Å². The van der Waals surface area contributed by atoms with E-state index in [1.807, 2.05) is 36.4 Å². The van der Waals surface area contributed by atoms with Gasteiger partial charge in [0, 0.05) is 12.2 Å². The lowest BCUT2D eigenvalue weighted by Crippen LogP contribution is -2.29. The van der Waals surface area contributed by atoms with Crippen LogP contribution < -0.4 is 9.47 Å². The zero-order valence-corrected chi connectivity index (χ0v) is 33.3. The topological polar surface area (TPSA) is 112 Å². The lowest BCUT2D eigenvalue weighted by Gasteiger charge is -2.36. The molecule has 1 aliphatic rings. The summed E-state index contributed by atoms with van der Waals surface area (Å²) in [6.07, 6.45) is 0.119. The highest BCUT2D eigenvalue weighted by Crippen LogP contribution is 2.60. The molecule has 0 spiro atoms. The molecule has 8 heteroatoms. The molecule has 0 aliphatic heterocycles. The van der Waals surface area contributed by atoms with Gasteiger partial charge in [0.15, 0.2) is 0 Å². The zero-order valence-electron chi connectivity index (χ0n) is 33.3. The van der Waals surface area contributed by atoms with Gasteiger partial charge in [0.2, 0.25) is 0 Å². The molecule has 0 amide bonds. The van der Waals surface area contributed by atoms with Crippen LogP contribution in [0.15, 0.2) is 171 Å². The van der Waals surface area contributed by atoms with Crippen molar-refractivity contribution >= 4 is 55.0 Å². The number of aliphatic hydroxyl groups is 2. The van der Waals surface area contributed by atoms with E-state index >= 15 is 0 Å². The van der Waals surface area contributed by atoms with Crippen LogP contribution in [0, 0.1) is 0 Å². The molecule has 0 saturated carbocycles. The summed E-state index contributed by atoms with van der Waals surface area (Å²) in [6, 6.07) is 51.2. The maximum absolute atomic E-state index is 11.5. The number of fused-ring (bicyclic) bond motifs is 9. The highest BCUT2D eigenvalue weighted by Gasteiger charge is 2.48. The SMILES string of the molecule is C=CC(=O)OCC(O)COc1ccc2cc(C3(c4ccc5cc(OCC(O)COC(=O)C=C)ccc5c4)c4c(ccc5ccccc45)-c4ccc5ccccc5c43)ccc2c1. The minimum absolute atomic E-state index is 0.0460. The van der Waals surface area contributed by atoms with Crippen molar-refractivity contribution < 1.29 is 38.7 Å². The molecule has 302 valence electrons. The molecule has 0 bridgehead atoms. The number of carbonyl (C=O) groups is 2. The predicted octanol–water partition coefficient (Wildman–Crippen LogP) is 9.60. The van der Waals surface area contributed by atoms with Gasteiger partial charge in [0.25, 0.3) is 0 Å². The average Bonchev–Trinajstić information content (AvgIpc) is 3.62. The van der Waals surface area contributed by atoms with Crippen LogP contribution in [0.5, 0.6) is 11.5 Å². The number of esters is 2. The fourth-order valence-electron chi connectivity index (χ4n) is 8.72. The van der Waals surface area contributed by atoms with Crippen LogP contribution in [-0.2, 0) is 24.5 Å². The molecule has 61 heavy (non-hydrogen) atoms. The smallest absolute Gasteiger partial charge is 0.330 e. The van der Waals surface area contributed by atoms with E-state index in [-0.39, 0.29) is 26.4 Å². The number of ether oxygens (including phenoxy) is 4. The molecule has 2 atom stereocenters. The maximum atomic E-state index is 11.5. The Kier molecular flexibility index (Phi) is 10.6. The van der Waals surface area contributed by atoms with Crippen LogP contribution in [0.2, 0.25) is 0 Å². The summed E-state index contributed by atoms with van der Waals surface area (Å²) in [5.41, 5.74) is 6.24. The van der Waals surface area contributed by atoms with E-state index in [0.717, 1.165) is 55.6 Å². The van der Waals surface area contributed by atoms with Gasteiger partial charge >= 0.3 is 11.9 Å². The monoisotopic (exact) mass is 806 g/mol. The van der Waals surface area contributed by atoms with Gasteiger partial charge in [-0.2, -0.15) is 0 Å². The summed E-state index contributed by atoms with van der Waals surface area (Å²) in [7, 11) is 0. The van der Waals surface area contributed by atoms with Crippen molar-refractivity contribution in [3.8, 4) is 22.6 Å².